The van der Waals surface area contributed by atoms with Crippen LogP contribution in [0.25, 0.3) is 10.9 Å². The standard InChI is InChI=1S/C18H20ClN3/c1-3-10-22(13-14-4-6-16(19)7-5-14)17-8-9-18-15(11-17)12-20-21(18)2/h4-9,11-12H,3,10,13H2,1-2H3. The third kappa shape index (κ3) is 3.09. The van der Waals surface area contributed by atoms with E-state index in [2.05, 4.69) is 47.3 Å². The molecule has 0 unspecified atom stereocenters. The van der Waals surface area contributed by atoms with Crippen molar-refractivity contribution >= 4 is 28.2 Å². The number of nitrogens with zero attached hydrogens (tertiary/aromatic N) is 3. The zero-order valence-electron chi connectivity index (χ0n) is 13.0. The van der Waals surface area contributed by atoms with E-state index in [4.69, 9.17) is 11.6 Å². The van der Waals surface area contributed by atoms with E-state index in [1.54, 1.807) is 0 Å². The summed E-state index contributed by atoms with van der Waals surface area (Å²) in [5, 5.41) is 6.28. The van der Waals surface area contributed by atoms with Crippen LogP contribution in [-0.4, -0.2) is 16.3 Å². The number of rotatable bonds is 5. The van der Waals surface area contributed by atoms with Gasteiger partial charge in [-0.1, -0.05) is 30.7 Å². The first kappa shape index (κ1) is 14.9. The first-order valence-corrected chi connectivity index (χ1v) is 7.96. The Balaban J connectivity index is 1.89. The number of halogens is 1. The van der Waals surface area contributed by atoms with E-state index in [0.29, 0.717) is 0 Å². The molecule has 1 aromatic heterocycles. The smallest absolute Gasteiger partial charge is 0.0680 e. The van der Waals surface area contributed by atoms with Gasteiger partial charge in [0.05, 0.1) is 11.7 Å². The van der Waals surface area contributed by atoms with Crippen LogP contribution in [0.15, 0.2) is 48.7 Å². The van der Waals surface area contributed by atoms with Crippen LogP contribution in [0, 0.1) is 0 Å². The maximum absolute atomic E-state index is 5.97. The van der Waals surface area contributed by atoms with Gasteiger partial charge in [0, 0.05) is 36.2 Å². The lowest BCUT2D eigenvalue weighted by molar-refractivity contribution is 0.767. The molecule has 3 rings (SSSR count). The Labute approximate surface area is 136 Å². The van der Waals surface area contributed by atoms with Gasteiger partial charge in [0.15, 0.2) is 0 Å². The maximum atomic E-state index is 5.97. The van der Waals surface area contributed by atoms with E-state index in [-0.39, 0.29) is 0 Å². The molecular formula is C18H20ClN3. The number of hydrogen-bond acceptors (Lipinski definition) is 2. The molecule has 0 spiro atoms. The molecule has 3 aromatic rings. The minimum atomic E-state index is 0.780. The molecule has 2 aromatic carbocycles. The quantitative estimate of drug-likeness (QED) is 0.684. The normalized spacial score (nSPS) is 11.0. The molecule has 0 fully saturated rings. The minimum Gasteiger partial charge on any atom is -0.367 e. The summed E-state index contributed by atoms with van der Waals surface area (Å²) in [5.74, 6) is 0. The van der Waals surface area contributed by atoms with Crippen molar-refractivity contribution in [3.8, 4) is 0 Å². The van der Waals surface area contributed by atoms with Crippen molar-refractivity contribution in [3.05, 3.63) is 59.2 Å². The predicted octanol–water partition coefficient (Wildman–Crippen LogP) is 4.64. The number of hydrogen-bond donors (Lipinski definition) is 0. The summed E-state index contributed by atoms with van der Waals surface area (Å²) in [6.45, 7) is 4.11. The lowest BCUT2D eigenvalue weighted by Crippen LogP contribution is -2.23. The van der Waals surface area contributed by atoms with Crippen LogP contribution in [-0.2, 0) is 13.6 Å². The largest absolute Gasteiger partial charge is 0.367 e. The summed E-state index contributed by atoms with van der Waals surface area (Å²) in [4.78, 5) is 2.40. The Bertz CT molecular complexity index is 762. The third-order valence-corrected chi connectivity index (χ3v) is 4.13. The van der Waals surface area contributed by atoms with Gasteiger partial charge in [-0.25, -0.2) is 0 Å². The lowest BCUT2D eigenvalue weighted by atomic mass is 10.1. The van der Waals surface area contributed by atoms with Gasteiger partial charge in [0.25, 0.3) is 0 Å². The molecule has 22 heavy (non-hydrogen) atoms. The van der Waals surface area contributed by atoms with E-state index < -0.39 is 0 Å². The van der Waals surface area contributed by atoms with E-state index >= 15 is 0 Å². The molecule has 0 bridgehead atoms. The van der Waals surface area contributed by atoms with Crippen LogP contribution in [0.2, 0.25) is 5.02 Å². The van der Waals surface area contributed by atoms with Gasteiger partial charge in [0.1, 0.15) is 0 Å². The number of aryl methyl sites for hydroxylation is 1. The number of anilines is 1. The van der Waals surface area contributed by atoms with E-state index in [1.165, 1.54) is 16.6 Å². The molecule has 1 heterocycles. The average Bonchev–Trinajstić information content (AvgIpc) is 2.90. The lowest BCUT2D eigenvalue weighted by Gasteiger charge is -2.24. The van der Waals surface area contributed by atoms with E-state index in [1.807, 2.05) is 30.1 Å². The summed E-state index contributed by atoms with van der Waals surface area (Å²) in [7, 11) is 1.97. The molecular weight excluding hydrogens is 294 g/mol. The van der Waals surface area contributed by atoms with Crippen LogP contribution >= 0.6 is 11.6 Å². The Morgan fingerprint density at radius 1 is 1.14 bits per heavy atom. The van der Waals surface area contributed by atoms with Crippen molar-refractivity contribution in [1.82, 2.24) is 9.78 Å². The Morgan fingerprint density at radius 3 is 2.64 bits per heavy atom. The SMILES string of the molecule is CCCN(Cc1ccc(Cl)cc1)c1ccc2c(cnn2C)c1. The predicted molar refractivity (Wildman–Crippen MR) is 93.5 cm³/mol. The zero-order valence-corrected chi connectivity index (χ0v) is 13.7. The summed E-state index contributed by atoms with van der Waals surface area (Å²) in [6, 6.07) is 14.6. The highest BCUT2D eigenvalue weighted by molar-refractivity contribution is 6.30. The van der Waals surface area contributed by atoms with Crippen LogP contribution in [0.4, 0.5) is 5.69 Å². The first-order chi connectivity index (χ1) is 10.7. The van der Waals surface area contributed by atoms with Gasteiger partial charge in [-0.3, -0.25) is 4.68 Å². The van der Waals surface area contributed by atoms with Gasteiger partial charge in [-0.2, -0.15) is 5.10 Å². The zero-order chi connectivity index (χ0) is 15.5. The van der Waals surface area contributed by atoms with Gasteiger partial charge in [-0.05, 0) is 42.3 Å². The molecule has 0 radical (unpaired) electrons. The van der Waals surface area contributed by atoms with E-state index in [0.717, 1.165) is 30.0 Å². The molecule has 3 nitrogen and oxygen atoms in total. The molecule has 0 saturated heterocycles. The molecule has 0 saturated carbocycles. The Kier molecular flexibility index (Phi) is 4.34. The molecule has 0 aliphatic rings. The molecule has 0 aliphatic carbocycles. The summed E-state index contributed by atoms with van der Waals surface area (Å²) < 4.78 is 1.91. The second-order valence-corrected chi connectivity index (χ2v) is 6.00. The number of fused-ring (bicyclic) bond motifs is 1. The van der Waals surface area contributed by atoms with E-state index in [9.17, 15) is 0 Å². The fourth-order valence-electron chi connectivity index (χ4n) is 2.73. The number of aromatic nitrogens is 2. The van der Waals surface area contributed by atoms with Crippen LogP contribution < -0.4 is 4.90 Å². The van der Waals surface area contributed by atoms with Gasteiger partial charge >= 0.3 is 0 Å². The second kappa shape index (κ2) is 6.41. The fraction of sp³-hybridized carbons (Fsp3) is 0.278. The van der Waals surface area contributed by atoms with Gasteiger partial charge in [-0.15, -0.1) is 0 Å². The van der Waals surface area contributed by atoms with Crippen molar-refractivity contribution in [1.29, 1.82) is 0 Å². The Morgan fingerprint density at radius 2 is 1.91 bits per heavy atom. The summed E-state index contributed by atoms with van der Waals surface area (Å²) >= 11 is 5.97. The highest BCUT2D eigenvalue weighted by Gasteiger charge is 2.09. The average molecular weight is 314 g/mol. The van der Waals surface area contributed by atoms with Gasteiger partial charge in [0.2, 0.25) is 0 Å². The van der Waals surface area contributed by atoms with Crippen molar-refractivity contribution in [2.24, 2.45) is 7.05 Å². The third-order valence-electron chi connectivity index (χ3n) is 3.88. The van der Waals surface area contributed by atoms with Gasteiger partial charge < -0.3 is 4.90 Å². The monoisotopic (exact) mass is 313 g/mol. The fourth-order valence-corrected chi connectivity index (χ4v) is 2.85. The van der Waals surface area contributed by atoms with Crippen LogP contribution in [0.3, 0.4) is 0 Å². The van der Waals surface area contributed by atoms with Crippen molar-refractivity contribution in [3.63, 3.8) is 0 Å². The molecule has 0 N–H and O–H groups in total. The highest BCUT2D eigenvalue weighted by atomic mass is 35.5. The number of benzene rings is 2. The first-order valence-electron chi connectivity index (χ1n) is 7.58. The second-order valence-electron chi connectivity index (χ2n) is 5.56. The van der Waals surface area contributed by atoms with Crippen molar-refractivity contribution < 1.29 is 0 Å². The molecule has 114 valence electrons. The minimum absolute atomic E-state index is 0.780. The Hall–Kier alpha value is -2.00. The highest BCUT2D eigenvalue weighted by Crippen LogP contribution is 2.24. The summed E-state index contributed by atoms with van der Waals surface area (Å²) in [5.41, 5.74) is 3.66. The van der Waals surface area contributed by atoms with Crippen LogP contribution in [0.1, 0.15) is 18.9 Å². The van der Waals surface area contributed by atoms with Crippen LogP contribution in [0.5, 0.6) is 0 Å². The summed E-state index contributed by atoms with van der Waals surface area (Å²) in [6.07, 6.45) is 3.03. The topological polar surface area (TPSA) is 21.1 Å². The van der Waals surface area contributed by atoms with Crippen molar-refractivity contribution in [2.45, 2.75) is 19.9 Å². The molecule has 0 atom stereocenters. The molecule has 0 amide bonds. The molecule has 0 aliphatic heterocycles. The molecule has 4 heteroatoms. The van der Waals surface area contributed by atoms with Crippen molar-refractivity contribution in [2.75, 3.05) is 11.4 Å². The maximum Gasteiger partial charge on any atom is 0.0680 e.